The lowest BCUT2D eigenvalue weighted by Crippen LogP contribution is -2.37. The molecule has 2 aromatic carbocycles. The number of nitrogens with one attached hydrogen (secondary N) is 2. The molecule has 0 aromatic heterocycles. The van der Waals surface area contributed by atoms with Crippen molar-refractivity contribution in [2.75, 3.05) is 25.6 Å². The van der Waals surface area contributed by atoms with Gasteiger partial charge in [-0.2, -0.15) is 0 Å². The summed E-state index contributed by atoms with van der Waals surface area (Å²) < 4.78 is 10.5. The number of methoxy groups -OCH3 is 1. The molecule has 120 valence electrons. The van der Waals surface area contributed by atoms with Gasteiger partial charge in [-0.15, -0.1) is 0 Å². The van der Waals surface area contributed by atoms with Crippen LogP contribution in [-0.4, -0.2) is 32.1 Å². The normalized spacial score (nSPS) is 9.78. The molecule has 6 heteroatoms. The van der Waals surface area contributed by atoms with Crippen molar-refractivity contribution in [2.24, 2.45) is 0 Å². The Labute approximate surface area is 134 Å². The highest BCUT2D eigenvalue weighted by Crippen LogP contribution is 2.16. The molecule has 23 heavy (non-hydrogen) atoms. The average Bonchev–Trinajstić information content (AvgIpc) is 2.60. The molecule has 6 nitrogen and oxygen atoms in total. The van der Waals surface area contributed by atoms with Crippen LogP contribution in [0.15, 0.2) is 54.6 Å². The Morgan fingerprint density at radius 1 is 0.913 bits per heavy atom. The maximum absolute atomic E-state index is 11.7. The molecule has 0 fully saturated rings. The Morgan fingerprint density at radius 3 is 2.22 bits per heavy atom. The predicted octanol–water partition coefficient (Wildman–Crippen LogP) is 1.83. The molecule has 2 aromatic rings. The van der Waals surface area contributed by atoms with Gasteiger partial charge in [0.1, 0.15) is 18.1 Å². The third-order valence-electron chi connectivity index (χ3n) is 2.95. The van der Waals surface area contributed by atoms with Gasteiger partial charge in [0.15, 0.2) is 0 Å². The summed E-state index contributed by atoms with van der Waals surface area (Å²) in [4.78, 5) is 23.3. The van der Waals surface area contributed by atoms with Gasteiger partial charge in [0.2, 0.25) is 0 Å². The Hall–Kier alpha value is -3.02. The second kappa shape index (κ2) is 8.43. The minimum absolute atomic E-state index is 0.229. The Morgan fingerprint density at radius 2 is 1.57 bits per heavy atom. The number of carbonyl (C=O) groups is 2. The van der Waals surface area contributed by atoms with Crippen LogP contribution in [-0.2, 0) is 9.59 Å². The molecular weight excluding hydrogens is 296 g/mol. The first-order chi connectivity index (χ1) is 11.2. The molecule has 0 aliphatic rings. The summed E-state index contributed by atoms with van der Waals surface area (Å²) in [5.41, 5.74) is 0.571. The van der Waals surface area contributed by atoms with E-state index in [1.54, 1.807) is 55.6 Å². The number of benzene rings is 2. The number of para-hydroxylation sites is 1. The van der Waals surface area contributed by atoms with Crippen molar-refractivity contribution in [3.05, 3.63) is 54.6 Å². The van der Waals surface area contributed by atoms with E-state index in [1.165, 1.54) is 0 Å². The summed E-state index contributed by atoms with van der Waals surface area (Å²) in [5.74, 6) is -0.00940. The molecule has 0 spiro atoms. The quantitative estimate of drug-likeness (QED) is 0.630. The van der Waals surface area contributed by atoms with Crippen molar-refractivity contribution in [2.45, 2.75) is 0 Å². The van der Waals surface area contributed by atoms with Crippen LogP contribution in [0.2, 0.25) is 0 Å². The monoisotopic (exact) mass is 314 g/mol. The number of carbonyl (C=O) groups excluding carboxylic acids is 2. The van der Waals surface area contributed by atoms with Gasteiger partial charge in [0.25, 0.3) is 0 Å². The zero-order chi connectivity index (χ0) is 16.5. The maximum atomic E-state index is 11.7. The van der Waals surface area contributed by atoms with Crippen LogP contribution in [0.1, 0.15) is 0 Å². The van der Waals surface area contributed by atoms with E-state index < -0.39 is 11.8 Å². The van der Waals surface area contributed by atoms with E-state index in [-0.39, 0.29) is 13.2 Å². The van der Waals surface area contributed by atoms with Gasteiger partial charge in [-0.05, 0) is 36.4 Å². The van der Waals surface area contributed by atoms with E-state index in [9.17, 15) is 9.59 Å². The fraction of sp³-hybridized carbons (Fsp3) is 0.176. The van der Waals surface area contributed by atoms with E-state index in [4.69, 9.17) is 9.47 Å². The Bertz CT molecular complexity index is 641. The van der Waals surface area contributed by atoms with Crippen molar-refractivity contribution < 1.29 is 19.1 Å². The third-order valence-corrected chi connectivity index (χ3v) is 2.95. The summed E-state index contributed by atoms with van der Waals surface area (Å²) in [6.45, 7) is 0.490. The molecule has 0 heterocycles. The van der Waals surface area contributed by atoms with Gasteiger partial charge in [0.05, 0.1) is 13.7 Å². The molecule has 0 aliphatic heterocycles. The third kappa shape index (κ3) is 5.35. The van der Waals surface area contributed by atoms with E-state index in [0.29, 0.717) is 11.4 Å². The van der Waals surface area contributed by atoms with Crippen LogP contribution in [0.4, 0.5) is 5.69 Å². The van der Waals surface area contributed by atoms with Crippen LogP contribution in [0, 0.1) is 0 Å². The highest BCUT2D eigenvalue weighted by molar-refractivity contribution is 6.39. The highest BCUT2D eigenvalue weighted by atomic mass is 16.5. The second-order valence-corrected chi connectivity index (χ2v) is 4.60. The van der Waals surface area contributed by atoms with E-state index in [1.807, 2.05) is 6.07 Å². The van der Waals surface area contributed by atoms with E-state index >= 15 is 0 Å². The van der Waals surface area contributed by atoms with Crippen molar-refractivity contribution in [1.29, 1.82) is 0 Å². The second-order valence-electron chi connectivity index (χ2n) is 4.60. The highest BCUT2D eigenvalue weighted by Gasteiger charge is 2.12. The zero-order valence-electron chi connectivity index (χ0n) is 12.7. The van der Waals surface area contributed by atoms with Crippen LogP contribution in [0.5, 0.6) is 11.5 Å². The molecule has 0 saturated heterocycles. The van der Waals surface area contributed by atoms with Crippen LogP contribution >= 0.6 is 0 Å². The molecule has 0 aliphatic carbocycles. The molecule has 0 radical (unpaired) electrons. The number of rotatable bonds is 6. The Kier molecular flexibility index (Phi) is 5.99. The molecule has 0 bridgehead atoms. The molecular formula is C17H18N2O4. The predicted molar refractivity (Wildman–Crippen MR) is 86.6 cm³/mol. The first-order valence-corrected chi connectivity index (χ1v) is 7.10. The lowest BCUT2D eigenvalue weighted by Gasteiger charge is -2.08. The van der Waals surface area contributed by atoms with Crippen LogP contribution < -0.4 is 20.1 Å². The fourth-order valence-electron chi connectivity index (χ4n) is 1.80. The van der Waals surface area contributed by atoms with Gasteiger partial charge in [-0.3, -0.25) is 9.59 Å². The van der Waals surface area contributed by atoms with Gasteiger partial charge < -0.3 is 20.1 Å². The minimum atomic E-state index is -0.708. The number of anilines is 1. The number of hydrogen-bond acceptors (Lipinski definition) is 4. The molecule has 0 atom stereocenters. The number of hydrogen-bond donors (Lipinski definition) is 2. The fourth-order valence-corrected chi connectivity index (χ4v) is 1.80. The number of ether oxygens (including phenoxy) is 2. The molecule has 0 unspecified atom stereocenters. The Balaban J connectivity index is 1.68. The van der Waals surface area contributed by atoms with Crippen molar-refractivity contribution in [1.82, 2.24) is 5.32 Å². The first-order valence-electron chi connectivity index (χ1n) is 7.10. The molecule has 2 N–H and O–H groups in total. The molecule has 2 rings (SSSR count). The topological polar surface area (TPSA) is 76.7 Å². The largest absolute Gasteiger partial charge is 0.497 e. The summed E-state index contributed by atoms with van der Waals surface area (Å²) in [7, 11) is 1.59. The van der Waals surface area contributed by atoms with Crippen LogP contribution in [0.25, 0.3) is 0 Å². The minimum Gasteiger partial charge on any atom is -0.497 e. The lowest BCUT2D eigenvalue weighted by molar-refractivity contribution is -0.136. The van der Waals surface area contributed by atoms with Gasteiger partial charge >= 0.3 is 11.8 Å². The van der Waals surface area contributed by atoms with Gasteiger partial charge in [0, 0.05) is 5.69 Å². The van der Waals surface area contributed by atoms with Gasteiger partial charge in [-0.25, -0.2) is 0 Å². The number of amides is 2. The molecule has 0 saturated carbocycles. The summed E-state index contributed by atoms with van der Waals surface area (Å²) in [5, 5.41) is 5.00. The summed E-state index contributed by atoms with van der Waals surface area (Å²) in [6.07, 6.45) is 0. The lowest BCUT2D eigenvalue weighted by atomic mass is 10.3. The van der Waals surface area contributed by atoms with Crippen LogP contribution in [0.3, 0.4) is 0 Å². The first kappa shape index (κ1) is 16.4. The molecule has 2 amide bonds. The maximum Gasteiger partial charge on any atom is 0.313 e. The smallest absolute Gasteiger partial charge is 0.313 e. The summed E-state index contributed by atoms with van der Waals surface area (Å²) >= 11 is 0. The van der Waals surface area contributed by atoms with Gasteiger partial charge in [-0.1, -0.05) is 18.2 Å². The van der Waals surface area contributed by atoms with E-state index in [2.05, 4.69) is 10.6 Å². The summed E-state index contributed by atoms with van der Waals surface area (Å²) in [6, 6.07) is 15.9. The van der Waals surface area contributed by atoms with Crippen molar-refractivity contribution >= 4 is 17.5 Å². The SMILES string of the molecule is COc1ccc(OCCNC(=O)C(=O)Nc2ccccc2)cc1. The average molecular weight is 314 g/mol. The van der Waals surface area contributed by atoms with E-state index in [0.717, 1.165) is 5.75 Å². The van der Waals surface area contributed by atoms with Crippen molar-refractivity contribution in [3.8, 4) is 11.5 Å². The zero-order valence-corrected chi connectivity index (χ0v) is 12.7. The van der Waals surface area contributed by atoms with Crippen molar-refractivity contribution in [3.63, 3.8) is 0 Å². The standard InChI is InChI=1S/C17H18N2O4/c1-22-14-7-9-15(10-8-14)23-12-11-18-16(20)17(21)19-13-5-3-2-4-6-13/h2-10H,11-12H2,1H3,(H,18,20)(H,19,21).